The van der Waals surface area contributed by atoms with E-state index in [9.17, 15) is 14.4 Å². The normalized spacial score (nSPS) is 22.9. The van der Waals surface area contributed by atoms with Crippen LogP contribution >= 0.6 is 24.0 Å². The van der Waals surface area contributed by atoms with Gasteiger partial charge in [-0.15, -0.1) is 0 Å². The zero-order chi connectivity index (χ0) is 23.2. The van der Waals surface area contributed by atoms with Gasteiger partial charge in [-0.3, -0.25) is 23.7 Å². The molecule has 0 bridgehead atoms. The third kappa shape index (κ3) is 4.27. The molecule has 32 heavy (non-hydrogen) atoms. The van der Waals surface area contributed by atoms with Crippen molar-refractivity contribution in [3.8, 4) is 0 Å². The Morgan fingerprint density at radius 1 is 1.31 bits per heavy atom. The molecule has 2 aromatic heterocycles. The number of carboxylic acid groups (broad SMARTS) is 1. The molecule has 9 nitrogen and oxygen atoms in total. The van der Waals surface area contributed by atoms with Gasteiger partial charge in [0.25, 0.3) is 11.5 Å². The molecule has 0 aromatic carbocycles. The zero-order valence-electron chi connectivity index (χ0n) is 17.8. The first-order chi connectivity index (χ1) is 15.1. The van der Waals surface area contributed by atoms with Crippen molar-refractivity contribution < 1.29 is 19.4 Å². The van der Waals surface area contributed by atoms with Gasteiger partial charge < -0.3 is 14.7 Å². The van der Waals surface area contributed by atoms with Gasteiger partial charge in [-0.1, -0.05) is 30.0 Å². The highest BCUT2D eigenvalue weighted by Crippen LogP contribution is 2.33. The average molecular weight is 475 g/mol. The van der Waals surface area contributed by atoms with Gasteiger partial charge in [0.15, 0.2) is 0 Å². The molecular weight excluding hydrogens is 452 g/mol. The molecule has 0 aliphatic carbocycles. The van der Waals surface area contributed by atoms with Crippen molar-refractivity contribution in [3.63, 3.8) is 0 Å². The highest BCUT2D eigenvalue weighted by Gasteiger charge is 2.34. The van der Waals surface area contributed by atoms with Crippen molar-refractivity contribution in [2.24, 2.45) is 0 Å². The number of aliphatic carboxylic acids is 1. The molecule has 11 heteroatoms. The van der Waals surface area contributed by atoms with E-state index in [1.165, 1.54) is 10.5 Å². The van der Waals surface area contributed by atoms with E-state index in [0.717, 1.165) is 22.2 Å². The maximum atomic E-state index is 13.5. The Balaban J connectivity index is 1.87. The van der Waals surface area contributed by atoms with Crippen LogP contribution in [-0.4, -0.2) is 67.4 Å². The number of amides is 1. The van der Waals surface area contributed by atoms with Crippen molar-refractivity contribution in [1.29, 1.82) is 0 Å². The number of hydrogen-bond donors (Lipinski definition) is 1. The molecule has 2 atom stereocenters. The van der Waals surface area contributed by atoms with Crippen LogP contribution in [0, 0.1) is 6.92 Å². The predicted molar refractivity (Wildman–Crippen MR) is 126 cm³/mol. The van der Waals surface area contributed by atoms with Crippen LogP contribution in [0.15, 0.2) is 28.0 Å². The summed E-state index contributed by atoms with van der Waals surface area (Å²) in [7, 11) is 0. The fourth-order valence-corrected chi connectivity index (χ4v) is 5.10. The van der Waals surface area contributed by atoms with E-state index in [1.54, 1.807) is 12.3 Å². The summed E-state index contributed by atoms with van der Waals surface area (Å²) in [4.78, 5) is 45.4. The molecular formula is C21H22N4O5S2. The summed E-state index contributed by atoms with van der Waals surface area (Å²) < 4.78 is 7.42. The molecule has 0 spiro atoms. The van der Waals surface area contributed by atoms with Crippen LogP contribution < -0.4 is 10.5 Å². The first-order valence-corrected chi connectivity index (χ1v) is 11.3. The largest absolute Gasteiger partial charge is 0.480 e. The van der Waals surface area contributed by atoms with Crippen LogP contribution in [0.5, 0.6) is 0 Å². The molecule has 2 saturated heterocycles. The molecule has 2 unspecified atom stereocenters. The smallest absolute Gasteiger partial charge is 0.323 e. The lowest BCUT2D eigenvalue weighted by Gasteiger charge is -2.36. The molecule has 1 N–H and O–H groups in total. The molecule has 1 amide bonds. The second-order valence-electron chi connectivity index (χ2n) is 7.91. The lowest BCUT2D eigenvalue weighted by atomic mass is 10.1. The molecule has 2 fully saturated rings. The van der Waals surface area contributed by atoms with Crippen molar-refractivity contribution >= 4 is 57.7 Å². The standard InChI is InChI=1S/C21H22N4O5S2/c1-11-4-5-16-22-18(23-8-12(2)30-13(3)9-23)14(19(28)24(16)7-11)6-15-20(29)25(10-17(26)27)21(31)32-15/h4-7,12-13H,8-10H2,1-3H3,(H,26,27). The minimum atomic E-state index is -1.16. The third-order valence-electron chi connectivity index (χ3n) is 5.15. The van der Waals surface area contributed by atoms with Crippen molar-refractivity contribution in [1.82, 2.24) is 14.3 Å². The number of hydrogen-bond acceptors (Lipinski definition) is 8. The number of thiocarbonyl (C=S) groups is 1. The van der Waals surface area contributed by atoms with E-state index in [4.69, 9.17) is 27.0 Å². The predicted octanol–water partition coefficient (Wildman–Crippen LogP) is 1.90. The maximum Gasteiger partial charge on any atom is 0.323 e. The number of anilines is 1. The summed E-state index contributed by atoms with van der Waals surface area (Å²) in [5.74, 6) is -1.24. The molecule has 4 heterocycles. The molecule has 2 aromatic rings. The maximum absolute atomic E-state index is 13.5. The second-order valence-corrected chi connectivity index (χ2v) is 9.59. The fourth-order valence-electron chi connectivity index (χ4n) is 3.87. The van der Waals surface area contributed by atoms with Gasteiger partial charge in [0.2, 0.25) is 0 Å². The topological polar surface area (TPSA) is 104 Å². The summed E-state index contributed by atoms with van der Waals surface area (Å²) in [5, 5.41) is 9.07. The summed E-state index contributed by atoms with van der Waals surface area (Å²) in [5.41, 5.74) is 1.33. The number of carboxylic acids is 1. The lowest BCUT2D eigenvalue weighted by Crippen LogP contribution is -2.46. The van der Waals surface area contributed by atoms with Crippen LogP contribution in [-0.2, 0) is 14.3 Å². The number of rotatable bonds is 4. The van der Waals surface area contributed by atoms with Gasteiger partial charge in [-0.05, 0) is 38.5 Å². The van der Waals surface area contributed by atoms with Crippen LogP contribution in [0.25, 0.3) is 11.7 Å². The van der Waals surface area contributed by atoms with Crippen molar-refractivity contribution in [3.05, 3.63) is 44.7 Å². The van der Waals surface area contributed by atoms with Crippen LogP contribution in [0.3, 0.4) is 0 Å². The Morgan fingerprint density at radius 2 is 2.00 bits per heavy atom. The summed E-state index contributed by atoms with van der Waals surface area (Å²) in [6.07, 6.45) is 3.06. The second kappa shape index (κ2) is 8.64. The highest BCUT2D eigenvalue weighted by molar-refractivity contribution is 8.26. The Labute approximate surface area is 193 Å². The number of aromatic nitrogens is 2. The average Bonchev–Trinajstić information content (AvgIpc) is 2.96. The Morgan fingerprint density at radius 3 is 2.66 bits per heavy atom. The molecule has 168 valence electrons. The molecule has 4 rings (SSSR count). The van der Waals surface area contributed by atoms with Gasteiger partial charge in [-0.25, -0.2) is 4.98 Å². The number of nitrogens with zero attached hydrogens (tertiary/aromatic N) is 4. The minimum Gasteiger partial charge on any atom is -0.480 e. The lowest BCUT2D eigenvalue weighted by molar-refractivity contribution is -0.140. The quantitative estimate of drug-likeness (QED) is 0.525. The first kappa shape index (κ1) is 22.4. The minimum absolute atomic E-state index is 0.0568. The summed E-state index contributed by atoms with van der Waals surface area (Å²) in [6, 6.07) is 3.66. The number of ether oxygens (including phenoxy) is 1. The van der Waals surface area contributed by atoms with E-state index in [-0.39, 0.29) is 32.6 Å². The number of thioether (sulfide) groups is 1. The van der Waals surface area contributed by atoms with E-state index in [0.29, 0.717) is 24.6 Å². The number of carbonyl (C=O) groups is 2. The summed E-state index contributed by atoms with van der Waals surface area (Å²) in [6.45, 7) is 6.34. The number of aryl methyl sites for hydroxylation is 1. The third-order valence-corrected chi connectivity index (χ3v) is 6.52. The molecule has 2 aliphatic heterocycles. The Kier molecular flexibility index (Phi) is 6.06. The van der Waals surface area contributed by atoms with Crippen LogP contribution in [0.2, 0.25) is 0 Å². The molecule has 0 radical (unpaired) electrons. The first-order valence-electron chi connectivity index (χ1n) is 10.0. The van der Waals surface area contributed by atoms with Gasteiger partial charge in [0.1, 0.15) is 22.3 Å². The number of fused-ring (bicyclic) bond motifs is 1. The van der Waals surface area contributed by atoms with Crippen LogP contribution in [0.1, 0.15) is 25.0 Å². The number of pyridine rings is 1. The van der Waals surface area contributed by atoms with E-state index < -0.39 is 18.4 Å². The van der Waals surface area contributed by atoms with E-state index in [2.05, 4.69) is 0 Å². The molecule has 2 aliphatic rings. The number of carbonyl (C=O) groups excluding carboxylic acids is 1. The monoisotopic (exact) mass is 474 g/mol. The van der Waals surface area contributed by atoms with Gasteiger partial charge in [-0.2, -0.15) is 0 Å². The number of morpholine rings is 1. The highest BCUT2D eigenvalue weighted by atomic mass is 32.2. The van der Waals surface area contributed by atoms with Gasteiger partial charge >= 0.3 is 5.97 Å². The zero-order valence-corrected chi connectivity index (χ0v) is 19.4. The van der Waals surface area contributed by atoms with Gasteiger partial charge in [0.05, 0.1) is 22.7 Å². The van der Waals surface area contributed by atoms with Crippen molar-refractivity contribution in [2.45, 2.75) is 33.0 Å². The Hall–Kier alpha value is -2.76. The van der Waals surface area contributed by atoms with Crippen LogP contribution in [0.4, 0.5) is 5.82 Å². The van der Waals surface area contributed by atoms with E-state index in [1.807, 2.05) is 31.7 Å². The van der Waals surface area contributed by atoms with Gasteiger partial charge in [0, 0.05) is 19.3 Å². The fraction of sp³-hybridized carbons (Fsp3) is 0.381. The van der Waals surface area contributed by atoms with E-state index >= 15 is 0 Å². The summed E-state index contributed by atoms with van der Waals surface area (Å²) >= 11 is 6.16. The molecule has 0 saturated carbocycles. The SMILES string of the molecule is Cc1ccc2nc(N3CC(C)OC(C)C3)c(C=C3SC(=S)N(CC(=O)O)C3=O)c(=O)n2c1. The Bertz CT molecular complexity index is 1210. The van der Waals surface area contributed by atoms with Crippen molar-refractivity contribution in [2.75, 3.05) is 24.5 Å².